The third kappa shape index (κ3) is 6.26. The number of alkyl halides is 3. The Bertz CT molecular complexity index is 1410. The quantitative estimate of drug-likeness (QED) is 0.210. The number of ether oxygens (including phenoxy) is 2. The molecule has 10 heteroatoms. The van der Waals surface area contributed by atoms with E-state index in [0.717, 1.165) is 18.4 Å². The maximum absolute atomic E-state index is 12.6. The van der Waals surface area contributed by atoms with Crippen molar-refractivity contribution in [1.82, 2.24) is 9.78 Å². The van der Waals surface area contributed by atoms with Crippen LogP contribution in [-0.2, 0) is 6.61 Å². The second-order valence-electron chi connectivity index (χ2n) is 8.62. The minimum atomic E-state index is -4.79. The second kappa shape index (κ2) is 10.1. The van der Waals surface area contributed by atoms with Crippen LogP contribution in [0.15, 0.2) is 72.9 Å². The smallest absolute Gasteiger partial charge is 0.471 e. The monoisotopic (exact) mass is 546 g/mol. The fourth-order valence-corrected chi connectivity index (χ4v) is 4.32. The van der Waals surface area contributed by atoms with Crippen LogP contribution in [0.4, 0.5) is 13.2 Å². The van der Waals surface area contributed by atoms with Crippen LogP contribution in [0.1, 0.15) is 28.8 Å². The average molecular weight is 547 g/mol. The zero-order valence-corrected chi connectivity index (χ0v) is 20.6. The van der Waals surface area contributed by atoms with E-state index in [2.05, 4.69) is 9.84 Å². The first-order chi connectivity index (χ1) is 17.6. The molecule has 0 saturated heterocycles. The zero-order valence-electron chi connectivity index (χ0n) is 19.1. The van der Waals surface area contributed by atoms with Gasteiger partial charge in [0.2, 0.25) is 5.88 Å². The van der Waals surface area contributed by atoms with Crippen molar-refractivity contribution in [3.05, 3.63) is 94.1 Å². The molecule has 0 atom stereocenters. The maximum Gasteiger partial charge on any atom is 0.573 e. The summed E-state index contributed by atoms with van der Waals surface area (Å²) in [7, 11) is 0. The molecular formula is C27H19Cl2F3N2O3. The van der Waals surface area contributed by atoms with Gasteiger partial charge < -0.3 is 9.47 Å². The third-order valence-corrected chi connectivity index (χ3v) is 6.19. The molecule has 0 N–H and O–H groups in total. The van der Waals surface area contributed by atoms with Gasteiger partial charge in [0.05, 0.1) is 11.3 Å². The summed E-state index contributed by atoms with van der Waals surface area (Å²) in [4.78, 5) is 12.3. The van der Waals surface area contributed by atoms with E-state index >= 15 is 0 Å². The molecule has 0 unspecified atom stereocenters. The van der Waals surface area contributed by atoms with Gasteiger partial charge in [0, 0.05) is 27.7 Å². The summed E-state index contributed by atoms with van der Waals surface area (Å²) in [5.74, 6) is 0.209. The lowest BCUT2D eigenvalue weighted by molar-refractivity contribution is -0.274. The van der Waals surface area contributed by atoms with E-state index in [1.165, 1.54) is 28.9 Å². The van der Waals surface area contributed by atoms with Gasteiger partial charge in [0.1, 0.15) is 12.4 Å². The lowest BCUT2D eigenvalue weighted by Crippen LogP contribution is -2.16. The number of rotatable bonds is 8. The van der Waals surface area contributed by atoms with Crippen LogP contribution in [0.3, 0.4) is 0 Å². The number of hydrogen-bond acceptors (Lipinski definition) is 4. The number of nitrogens with zero attached hydrogens (tertiary/aromatic N) is 2. The summed E-state index contributed by atoms with van der Waals surface area (Å²) in [6.07, 6.45) is -1.23. The molecule has 0 amide bonds. The molecule has 1 aromatic heterocycles. The van der Waals surface area contributed by atoms with Crippen molar-refractivity contribution < 1.29 is 27.4 Å². The third-order valence-electron chi connectivity index (χ3n) is 5.75. The van der Waals surface area contributed by atoms with Gasteiger partial charge >= 0.3 is 6.36 Å². The molecule has 1 saturated carbocycles. The van der Waals surface area contributed by atoms with Gasteiger partial charge in [-0.25, -0.2) is 4.68 Å². The molecule has 37 heavy (non-hydrogen) atoms. The molecule has 1 aliphatic carbocycles. The van der Waals surface area contributed by atoms with Gasteiger partial charge in [-0.05, 0) is 54.3 Å². The Balaban J connectivity index is 1.42. The van der Waals surface area contributed by atoms with Crippen LogP contribution in [0.5, 0.6) is 11.6 Å². The van der Waals surface area contributed by atoms with Crippen molar-refractivity contribution in [3.8, 4) is 28.4 Å². The summed E-state index contributed by atoms with van der Waals surface area (Å²) in [5.41, 5.74) is 3.18. The number of ketones is 1. The van der Waals surface area contributed by atoms with E-state index < -0.39 is 6.36 Å². The van der Waals surface area contributed by atoms with Crippen molar-refractivity contribution in [2.75, 3.05) is 0 Å². The first-order valence-electron chi connectivity index (χ1n) is 11.3. The van der Waals surface area contributed by atoms with Gasteiger partial charge in [0.25, 0.3) is 0 Å². The van der Waals surface area contributed by atoms with E-state index in [0.29, 0.717) is 32.4 Å². The van der Waals surface area contributed by atoms with Crippen LogP contribution in [0.2, 0.25) is 10.0 Å². The fraction of sp³-hybridized carbons (Fsp3) is 0.185. The molecule has 4 aromatic rings. The number of hydrogen-bond donors (Lipinski definition) is 0. The molecule has 1 fully saturated rings. The van der Waals surface area contributed by atoms with E-state index in [9.17, 15) is 18.0 Å². The highest BCUT2D eigenvalue weighted by Crippen LogP contribution is 2.35. The molecule has 190 valence electrons. The summed E-state index contributed by atoms with van der Waals surface area (Å²) in [5, 5.41) is 5.35. The lowest BCUT2D eigenvalue weighted by atomic mass is 10.1. The van der Waals surface area contributed by atoms with Gasteiger partial charge in [0.15, 0.2) is 5.78 Å². The van der Waals surface area contributed by atoms with E-state index in [-0.39, 0.29) is 29.9 Å². The summed E-state index contributed by atoms with van der Waals surface area (Å²) < 4.78 is 49.2. The first kappa shape index (κ1) is 25.2. The molecule has 0 bridgehead atoms. The fourth-order valence-electron chi connectivity index (χ4n) is 3.80. The molecule has 5 rings (SSSR count). The number of halogens is 5. The lowest BCUT2D eigenvalue weighted by Gasteiger charge is -2.10. The number of carbonyl (C=O) groups excluding carboxylic acids is 1. The van der Waals surface area contributed by atoms with E-state index in [4.69, 9.17) is 27.9 Å². The Morgan fingerprint density at radius 2 is 1.62 bits per heavy atom. The number of benzene rings is 3. The van der Waals surface area contributed by atoms with E-state index in [1.807, 2.05) is 12.1 Å². The number of Topliss-reactive ketones (excluding diaryl/α,β-unsaturated/α-hetero) is 1. The van der Waals surface area contributed by atoms with Crippen molar-refractivity contribution in [3.63, 3.8) is 0 Å². The molecule has 0 spiro atoms. The molecule has 3 aromatic carbocycles. The normalized spacial score (nSPS) is 13.4. The van der Waals surface area contributed by atoms with Gasteiger partial charge in [-0.2, -0.15) is 0 Å². The summed E-state index contributed by atoms with van der Waals surface area (Å²) in [6, 6.07) is 17.6. The molecule has 0 radical (unpaired) electrons. The molecule has 0 aliphatic heterocycles. The van der Waals surface area contributed by atoms with Crippen molar-refractivity contribution >= 4 is 29.0 Å². The Morgan fingerprint density at radius 1 is 0.973 bits per heavy atom. The van der Waals surface area contributed by atoms with Crippen LogP contribution in [0.25, 0.3) is 16.8 Å². The molecule has 1 heterocycles. The maximum atomic E-state index is 12.6. The average Bonchev–Trinajstić information content (AvgIpc) is 3.61. The standard InChI is InChI=1S/C27H19Cl2F3N2O3/c28-20-11-21(29)13-22(12-20)34-14-24(17-7-9-23(10-8-17)37-27(30,31)32)26(33-34)36-15-16-1-3-18(4-2-16)25(35)19-5-6-19/h1-4,7-14,19H,5-6,15H2. The Kier molecular flexibility index (Phi) is 6.88. The SMILES string of the molecule is O=C(c1ccc(COc2nn(-c3cc(Cl)cc(Cl)c3)cc2-c2ccc(OC(F)(F)F)cc2)cc1)C1CC1. The van der Waals surface area contributed by atoms with Crippen LogP contribution in [-0.4, -0.2) is 21.9 Å². The van der Waals surface area contributed by atoms with Gasteiger partial charge in [-0.3, -0.25) is 4.79 Å². The van der Waals surface area contributed by atoms with Gasteiger partial charge in [-0.1, -0.05) is 59.6 Å². The molecule has 5 nitrogen and oxygen atoms in total. The van der Waals surface area contributed by atoms with Crippen LogP contribution >= 0.6 is 23.2 Å². The predicted molar refractivity (Wildman–Crippen MR) is 134 cm³/mol. The first-order valence-corrected chi connectivity index (χ1v) is 12.1. The van der Waals surface area contributed by atoms with Crippen molar-refractivity contribution in [2.24, 2.45) is 5.92 Å². The number of aromatic nitrogens is 2. The highest BCUT2D eigenvalue weighted by atomic mass is 35.5. The Morgan fingerprint density at radius 3 is 2.22 bits per heavy atom. The Hall–Kier alpha value is -3.49. The predicted octanol–water partition coefficient (Wildman–Crippen LogP) is 7.92. The zero-order chi connectivity index (χ0) is 26.2. The highest BCUT2D eigenvalue weighted by molar-refractivity contribution is 6.34. The largest absolute Gasteiger partial charge is 0.573 e. The highest BCUT2D eigenvalue weighted by Gasteiger charge is 2.31. The minimum Gasteiger partial charge on any atom is -0.471 e. The minimum absolute atomic E-state index is 0.140. The van der Waals surface area contributed by atoms with Crippen LogP contribution < -0.4 is 9.47 Å². The summed E-state index contributed by atoms with van der Waals surface area (Å²) in [6.45, 7) is 0.160. The van der Waals surface area contributed by atoms with Crippen LogP contribution in [0, 0.1) is 5.92 Å². The second-order valence-corrected chi connectivity index (χ2v) is 9.49. The van der Waals surface area contributed by atoms with Gasteiger partial charge in [-0.15, -0.1) is 18.3 Å². The van der Waals surface area contributed by atoms with Crippen molar-refractivity contribution in [2.45, 2.75) is 25.8 Å². The van der Waals surface area contributed by atoms with Crippen molar-refractivity contribution in [1.29, 1.82) is 0 Å². The molecular weight excluding hydrogens is 528 g/mol. The van der Waals surface area contributed by atoms with E-state index in [1.54, 1.807) is 36.5 Å². The number of carbonyl (C=O) groups is 1. The Labute approximate surface area is 220 Å². The molecule has 1 aliphatic rings. The summed E-state index contributed by atoms with van der Waals surface area (Å²) >= 11 is 12.3. The topological polar surface area (TPSA) is 53.3 Å².